The van der Waals surface area contributed by atoms with Crippen LogP contribution in [0.15, 0.2) is 30.3 Å². The van der Waals surface area contributed by atoms with E-state index in [1.165, 1.54) is 0 Å². The van der Waals surface area contributed by atoms with Crippen molar-refractivity contribution in [2.24, 2.45) is 11.7 Å². The second-order valence-electron chi connectivity index (χ2n) is 13.6. The summed E-state index contributed by atoms with van der Waals surface area (Å²) in [6, 6.07) is 5.38. The van der Waals surface area contributed by atoms with Gasteiger partial charge in [0.25, 0.3) is 0 Å². The largest absolute Gasteiger partial charge is 0.444 e. The third kappa shape index (κ3) is 16.2. The Balaban J connectivity index is 2.24. The van der Waals surface area contributed by atoms with Crippen LogP contribution in [0.25, 0.3) is 0 Å². The molecule has 1 aromatic carbocycles. The van der Waals surface area contributed by atoms with Crippen molar-refractivity contribution in [2.45, 2.75) is 128 Å². The van der Waals surface area contributed by atoms with Crippen molar-refractivity contribution in [3.63, 3.8) is 0 Å². The molecule has 0 aliphatic heterocycles. The summed E-state index contributed by atoms with van der Waals surface area (Å²) in [6.45, 7) is 6.43. The van der Waals surface area contributed by atoms with E-state index in [0.29, 0.717) is 12.8 Å². The van der Waals surface area contributed by atoms with Crippen molar-refractivity contribution in [1.29, 1.82) is 0 Å². The van der Waals surface area contributed by atoms with E-state index in [0.717, 1.165) is 37.7 Å². The van der Waals surface area contributed by atoms with Gasteiger partial charge in [-0.25, -0.2) is 17.9 Å². The first kappa shape index (κ1) is 40.9. The standard InChI is InChI=1S/C33H55N5O9S/c1-5-16-48(45,46)35-21-24(39)19-28(40)25(17-22-12-8-6-9-13-22)36-31(43)27(20-29(34)41)37-30(42)26(18-23-14-10-7-11-15-23)38-32(44)47-33(2,3)4/h7,10-11,14-15,22,24-28,35,39-40H,5-6,8-9,12-13,16-21H2,1-4H3,(H2,34,41)(H,36,43)(H,37,42)(H,38,44)/t24-,25-,26-,27-,28-/m0/s1. The number of alkyl carbamates (subject to hydrolysis) is 1. The Morgan fingerprint density at radius 2 is 1.58 bits per heavy atom. The summed E-state index contributed by atoms with van der Waals surface area (Å²) < 4.78 is 31.7. The lowest BCUT2D eigenvalue weighted by Gasteiger charge is -2.32. The van der Waals surface area contributed by atoms with Crippen LogP contribution in [0.1, 0.15) is 91.0 Å². The van der Waals surface area contributed by atoms with Gasteiger partial charge in [0, 0.05) is 19.4 Å². The fraction of sp³-hybridized carbons (Fsp3) is 0.697. The Morgan fingerprint density at radius 3 is 2.17 bits per heavy atom. The molecule has 2 rings (SSSR count). The molecule has 1 aliphatic carbocycles. The predicted molar refractivity (Wildman–Crippen MR) is 181 cm³/mol. The van der Waals surface area contributed by atoms with Gasteiger partial charge in [-0.1, -0.05) is 69.4 Å². The molecule has 5 atom stereocenters. The molecule has 1 fully saturated rings. The number of hydrogen-bond acceptors (Lipinski definition) is 9. The van der Waals surface area contributed by atoms with E-state index in [2.05, 4.69) is 20.7 Å². The maximum Gasteiger partial charge on any atom is 0.408 e. The van der Waals surface area contributed by atoms with Crippen LogP contribution in [-0.4, -0.2) is 90.7 Å². The summed E-state index contributed by atoms with van der Waals surface area (Å²) in [5.74, 6) is -2.33. The molecule has 0 unspecified atom stereocenters. The van der Waals surface area contributed by atoms with Crippen LogP contribution in [0, 0.1) is 5.92 Å². The molecular weight excluding hydrogens is 642 g/mol. The average Bonchev–Trinajstić information content (AvgIpc) is 2.99. The number of carbonyl (C=O) groups is 4. The van der Waals surface area contributed by atoms with Crippen LogP contribution in [0.4, 0.5) is 4.79 Å². The summed E-state index contributed by atoms with van der Waals surface area (Å²) in [6.07, 6.45) is 1.52. The Hall–Kier alpha value is -3.27. The second kappa shape index (κ2) is 19.7. The monoisotopic (exact) mass is 697 g/mol. The SMILES string of the molecule is CCCS(=O)(=O)NC[C@@H](O)C[C@H](O)[C@H](CC1CCCCC1)NC(=O)[C@H](CC(N)=O)NC(=O)[C@H](Cc1ccccc1)NC(=O)OC(C)(C)C. The first-order chi connectivity index (χ1) is 22.5. The molecule has 0 radical (unpaired) electrons. The smallest absolute Gasteiger partial charge is 0.408 e. The van der Waals surface area contributed by atoms with Crippen molar-refractivity contribution in [2.75, 3.05) is 12.3 Å². The number of carbonyl (C=O) groups excluding carboxylic acids is 4. The fourth-order valence-electron chi connectivity index (χ4n) is 5.66. The molecule has 8 N–H and O–H groups in total. The van der Waals surface area contributed by atoms with Gasteiger partial charge in [0.15, 0.2) is 0 Å². The van der Waals surface area contributed by atoms with Crippen LogP contribution in [-0.2, 0) is 35.6 Å². The van der Waals surface area contributed by atoms with Crippen molar-refractivity contribution in [3.05, 3.63) is 35.9 Å². The molecule has 0 heterocycles. The minimum Gasteiger partial charge on any atom is -0.444 e. The van der Waals surface area contributed by atoms with E-state index < -0.39 is 76.2 Å². The number of hydrogen-bond donors (Lipinski definition) is 7. The molecule has 1 aromatic rings. The number of aliphatic hydroxyl groups is 2. The highest BCUT2D eigenvalue weighted by Crippen LogP contribution is 2.28. The number of amides is 4. The van der Waals surface area contributed by atoms with Gasteiger partial charge in [-0.15, -0.1) is 0 Å². The molecule has 1 aliphatic rings. The fourth-order valence-corrected chi connectivity index (χ4v) is 6.79. The molecule has 1 saturated carbocycles. The zero-order valence-corrected chi connectivity index (χ0v) is 29.4. The van der Waals surface area contributed by atoms with Gasteiger partial charge in [0.05, 0.1) is 30.4 Å². The number of sulfonamides is 1. The van der Waals surface area contributed by atoms with E-state index in [1.54, 1.807) is 58.0 Å². The summed E-state index contributed by atoms with van der Waals surface area (Å²) in [7, 11) is -3.58. The molecule has 15 heteroatoms. The molecule has 0 aromatic heterocycles. The van der Waals surface area contributed by atoms with Crippen LogP contribution in [0.5, 0.6) is 0 Å². The Morgan fingerprint density at radius 1 is 0.958 bits per heavy atom. The lowest BCUT2D eigenvalue weighted by atomic mass is 9.83. The number of aliphatic hydroxyl groups excluding tert-OH is 2. The van der Waals surface area contributed by atoms with Crippen molar-refractivity contribution in [1.82, 2.24) is 20.7 Å². The summed E-state index contributed by atoms with van der Waals surface area (Å²) in [4.78, 5) is 51.9. The van der Waals surface area contributed by atoms with Gasteiger partial charge < -0.3 is 36.6 Å². The first-order valence-corrected chi connectivity index (χ1v) is 18.4. The molecule has 14 nitrogen and oxygen atoms in total. The highest BCUT2D eigenvalue weighted by molar-refractivity contribution is 7.89. The maximum absolute atomic E-state index is 13.7. The minimum absolute atomic E-state index is 0.0553. The lowest BCUT2D eigenvalue weighted by Crippen LogP contribution is -2.58. The first-order valence-electron chi connectivity index (χ1n) is 16.7. The lowest BCUT2D eigenvalue weighted by molar-refractivity contribution is -0.133. The number of primary amides is 1. The number of ether oxygens (including phenoxy) is 1. The summed E-state index contributed by atoms with van der Waals surface area (Å²) in [5, 5.41) is 29.6. The second-order valence-corrected chi connectivity index (χ2v) is 15.5. The molecule has 4 amide bonds. The van der Waals surface area contributed by atoms with E-state index in [1.807, 2.05) is 0 Å². The van der Waals surface area contributed by atoms with Gasteiger partial charge in [-0.2, -0.15) is 0 Å². The number of benzene rings is 1. The zero-order chi connectivity index (χ0) is 35.9. The number of nitrogens with one attached hydrogen (secondary N) is 4. The van der Waals surface area contributed by atoms with Crippen LogP contribution >= 0.6 is 0 Å². The molecule has 272 valence electrons. The maximum atomic E-state index is 13.7. The van der Waals surface area contributed by atoms with Gasteiger partial charge in [-0.05, 0) is 45.1 Å². The minimum atomic E-state index is -3.58. The highest BCUT2D eigenvalue weighted by atomic mass is 32.2. The number of rotatable bonds is 19. The average molecular weight is 698 g/mol. The van der Waals surface area contributed by atoms with Crippen LogP contribution < -0.4 is 26.4 Å². The molecule has 48 heavy (non-hydrogen) atoms. The van der Waals surface area contributed by atoms with Gasteiger partial charge in [0.2, 0.25) is 27.7 Å². The van der Waals surface area contributed by atoms with Crippen LogP contribution in [0.3, 0.4) is 0 Å². The Bertz CT molecular complexity index is 1280. The summed E-state index contributed by atoms with van der Waals surface area (Å²) in [5.41, 5.74) is 5.33. The van der Waals surface area contributed by atoms with Crippen molar-refractivity contribution >= 4 is 33.8 Å². The molecule has 0 saturated heterocycles. The summed E-state index contributed by atoms with van der Waals surface area (Å²) >= 11 is 0. The van der Waals surface area contributed by atoms with E-state index >= 15 is 0 Å². The van der Waals surface area contributed by atoms with Crippen LogP contribution in [0.2, 0.25) is 0 Å². The third-order valence-corrected chi connectivity index (χ3v) is 9.51. The Kier molecular flexibility index (Phi) is 16.8. The van der Waals surface area contributed by atoms with Gasteiger partial charge >= 0.3 is 6.09 Å². The van der Waals surface area contributed by atoms with Crippen molar-refractivity contribution in [3.8, 4) is 0 Å². The quantitative estimate of drug-likeness (QED) is 0.111. The van der Waals surface area contributed by atoms with Crippen molar-refractivity contribution < 1.29 is 42.5 Å². The number of nitrogens with two attached hydrogens (primary N) is 1. The van der Waals surface area contributed by atoms with E-state index in [-0.39, 0.29) is 31.1 Å². The highest BCUT2D eigenvalue weighted by Gasteiger charge is 2.33. The zero-order valence-electron chi connectivity index (χ0n) is 28.6. The normalized spacial score (nSPS) is 17.3. The topological polar surface area (TPSA) is 226 Å². The molecular formula is C33H55N5O9S. The van der Waals surface area contributed by atoms with Gasteiger partial charge in [0.1, 0.15) is 17.7 Å². The van der Waals surface area contributed by atoms with Gasteiger partial charge in [-0.3, -0.25) is 14.4 Å². The predicted octanol–water partition coefficient (Wildman–Crippen LogP) is 1.38. The third-order valence-electron chi connectivity index (χ3n) is 7.96. The van der Waals surface area contributed by atoms with E-state index in [9.17, 15) is 37.8 Å². The molecule has 0 spiro atoms. The Labute approximate surface area is 284 Å². The molecule has 0 bridgehead atoms. The van der Waals surface area contributed by atoms with E-state index in [4.69, 9.17) is 10.5 Å².